The van der Waals surface area contributed by atoms with Crippen molar-refractivity contribution in [2.24, 2.45) is 0 Å². The van der Waals surface area contributed by atoms with Crippen molar-refractivity contribution in [2.45, 2.75) is 39.2 Å². The lowest BCUT2D eigenvalue weighted by Gasteiger charge is -2.23. The van der Waals surface area contributed by atoms with Crippen LogP contribution in [0.25, 0.3) is 0 Å². The highest BCUT2D eigenvalue weighted by atomic mass is 32.1. The molecule has 1 unspecified atom stereocenters. The number of hydrogen-bond donors (Lipinski definition) is 2. The van der Waals surface area contributed by atoms with E-state index >= 15 is 0 Å². The SMILES string of the molecule is CCc1cccc(C(=O)c2sc(Nc3ccc(OCC(C)N4CCCC4)cc3)nc2N)c1. The number of nitrogens with one attached hydrogen (secondary N) is 1. The van der Waals surface area contributed by atoms with Gasteiger partial charge in [0.05, 0.1) is 0 Å². The first kappa shape index (κ1) is 22.3. The number of nitrogens with zero attached hydrogens (tertiary/aromatic N) is 2. The molecule has 168 valence electrons. The van der Waals surface area contributed by atoms with E-state index in [0.717, 1.165) is 23.4 Å². The lowest BCUT2D eigenvalue weighted by Crippen LogP contribution is -2.34. The average molecular weight is 451 g/mol. The number of likely N-dealkylation sites (tertiary alicyclic amines) is 1. The maximum atomic E-state index is 12.9. The number of benzene rings is 2. The average Bonchev–Trinajstić information content (AvgIpc) is 3.48. The molecular formula is C25H30N4O2S. The minimum absolute atomic E-state index is 0.0979. The van der Waals surface area contributed by atoms with Crippen molar-refractivity contribution in [3.05, 3.63) is 64.5 Å². The number of aromatic nitrogens is 1. The van der Waals surface area contributed by atoms with E-state index in [-0.39, 0.29) is 11.6 Å². The number of anilines is 3. The quantitative estimate of drug-likeness (QED) is 0.440. The van der Waals surface area contributed by atoms with Gasteiger partial charge in [-0.3, -0.25) is 9.69 Å². The van der Waals surface area contributed by atoms with Crippen LogP contribution in [0.5, 0.6) is 5.75 Å². The smallest absolute Gasteiger partial charge is 0.206 e. The summed E-state index contributed by atoms with van der Waals surface area (Å²) in [6.07, 6.45) is 3.44. The van der Waals surface area contributed by atoms with Crippen molar-refractivity contribution in [1.29, 1.82) is 0 Å². The summed E-state index contributed by atoms with van der Waals surface area (Å²) in [6, 6.07) is 15.8. The molecule has 0 radical (unpaired) electrons. The molecule has 0 aliphatic carbocycles. The van der Waals surface area contributed by atoms with Crippen molar-refractivity contribution in [1.82, 2.24) is 9.88 Å². The first-order valence-electron chi connectivity index (χ1n) is 11.2. The lowest BCUT2D eigenvalue weighted by atomic mass is 10.1. The third kappa shape index (κ3) is 5.29. The molecular weight excluding hydrogens is 420 g/mol. The number of nitrogens with two attached hydrogens (primary N) is 1. The van der Waals surface area contributed by atoms with Crippen LogP contribution >= 0.6 is 11.3 Å². The predicted octanol–water partition coefficient (Wildman–Crippen LogP) is 5.13. The predicted molar refractivity (Wildman–Crippen MR) is 131 cm³/mol. The monoisotopic (exact) mass is 450 g/mol. The standard InChI is InChI=1S/C25H30N4O2S/c1-3-18-7-6-8-19(15-18)22(30)23-24(26)28-25(32-23)27-20-9-11-21(12-10-20)31-16-17(2)29-13-4-5-14-29/h6-12,15,17H,3-5,13-14,16,26H2,1-2H3,(H,27,28). The topological polar surface area (TPSA) is 80.5 Å². The summed E-state index contributed by atoms with van der Waals surface area (Å²) in [4.78, 5) is 20.2. The van der Waals surface area contributed by atoms with Gasteiger partial charge in [-0.15, -0.1) is 0 Å². The van der Waals surface area contributed by atoms with Gasteiger partial charge in [0.25, 0.3) is 0 Å². The highest BCUT2D eigenvalue weighted by molar-refractivity contribution is 7.18. The van der Waals surface area contributed by atoms with E-state index < -0.39 is 0 Å². The van der Waals surface area contributed by atoms with E-state index in [0.29, 0.717) is 28.2 Å². The number of ketones is 1. The zero-order chi connectivity index (χ0) is 22.5. The molecule has 1 aromatic heterocycles. The second kappa shape index (κ2) is 10.1. The molecule has 3 N–H and O–H groups in total. The Morgan fingerprint density at radius 3 is 2.69 bits per heavy atom. The molecule has 0 amide bonds. The van der Waals surface area contributed by atoms with E-state index in [1.807, 2.05) is 48.5 Å². The van der Waals surface area contributed by atoms with E-state index in [1.165, 1.54) is 37.3 Å². The number of nitrogen functional groups attached to an aromatic ring is 1. The van der Waals surface area contributed by atoms with E-state index in [1.54, 1.807) is 0 Å². The summed E-state index contributed by atoms with van der Waals surface area (Å²) in [7, 11) is 0. The first-order chi connectivity index (χ1) is 15.5. The number of rotatable bonds is 9. The number of hydrogen-bond acceptors (Lipinski definition) is 7. The Morgan fingerprint density at radius 2 is 1.97 bits per heavy atom. The maximum absolute atomic E-state index is 12.9. The molecule has 0 saturated carbocycles. The lowest BCUT2D eigenvalue weighted by molar-refractivity contribution is 0.104. The zero-order valence-electron chi connectivity index (χ0n) is 18.6. The molecule has 1 saturated heterocycles. The van der Waals surface area contributed by atoms with Crippen LogP contribution in [0.2, 0.25) is 0 Å². The Labute approximate surface area is 193 Å². The van der Waals surface area contributed by atoms with Crippen molar-refractivity contribution < 1.29 is 9.53 Å². The molecule has 6 nitrogen and oxygen atoms in total. The van der Waals surface area contributed by atoms with Gasteiger partial charge in [0, 0.05) is 17.3 Å². The second-order valence-electron chi connectivity index (χ2n) is 8.17. The highest BCUT2D eigenvalue weighted by Crippen LogP contribution is 2.30. The molecule has 3 aromatic rings. The molecule has 2 aromatic carbocycles. The summed E-state index contributed by atoms with van der Waals surface area (Å²) < 4.78 is 5.96. The van der Waals surface area contributed by atoms with Crippen LogP contribution in [-0.4, -0.2) is 41.4 Å². The molecule has 4 rings (SSSR count). The Hall–Kier alpha value is -2.90. The Morgan fingerprint density at radius 1 is 1.22 bits per heavy atom. The van der Waals surface area contributed by atoms with E-state index in [9.17, 15) is 4.79 Å². The molecule has 1 fully saturated rings. The largest absolute Gasteiger partial charge is 0.492 e. The second-order valence-corrected chi connectivity index (χ2v) is 9.17. The normalized spacial score (nSPS) is 14.9. The van der Waals surface area contributed by atoms with Gasteiger partial charge in [-0.05, 0) is 75.2 Å². The summed E-state index contributed by atoms with van der Waals surface area (Å²) >= 11 is 1.27. The van der Waals surface area contributed by atoms with Crippen LogP contribution in [-0.2, 0) is 6.42 Å². The van der Waals surface area contributed by atoms with Crippen LogP contribution in [0, 0.1) is 0 Å². The summed E-state index contributed by atoms with van der Waals surface area (Å²) in [6.45, 7) is 7.29. The van der Waals surface area contributed by atoms with Crippen molar-refractivity contribution in [3.63, 3.8) is 0 Å². The van der Waals surface area contributed by atoms with Gasteiger partial charge in [-0.2, -0.15) is 0 Å². The fourth-order valence-corrected chi connectivity index (χ4v) is 4.74. The van der Waals surface area contributed by atoms with Crippen LogP contribution in [0.15, 0.2) is 48.5 Å². The van der Waals surface area contributed by atoms with Crippen LogP contribution in [0.4, 0.5) is 16.6 Å². The fraction of sp³-hybridized carbons (Fsp3) is 0.360. The van der Waals surface area contributed by atoms with Gasteiger partial charge in [-0.1, -0.05) is 36.5 Å². The van der Waals surface area contributed by atoms with E-state index in [2.05, 4.69) is 29.0 Å². The number of carbonyl (C=O) groups excluding carboxylic acids is 1. The Bertz CT molecular complexity index is 1060. The van der Waals surface area contributed by atoms with Crippen molar-refractivity contribution in [3.8, 4) is 5.75 Å². The van der Waals surface area contributed by atoms with Crippen molar-refractivity contribution in [2.75, 3.05) is 30.7 Å². The summed E-state index contributed by atoms with van der Waals surface area (Å²) in [5.41, 5.74) is 8.68. The van der Waals surface area contributed by atoms with Gasteiger partial charge in [-0.25, -0.2) is 4.98 Å². The molecule has 1 aliphatic heterocycles. The van der Waals surface area contributed by atoms with Gasteiger partial charge >= 0.3 is 0 Å². The van der Waals surface area contributed by atoms with Crippen LogP contribution in [0.3, 0.4) is 0 Å². The molecule has 1 aliphatic rings. The molecule has 7 heteroatoms. The number of ether oxygens (including phenoxy) is 1. The zero-order valence-corrected chi connectivity index (χ0v) is 19.5. The maximum Gasteiger partial charge on any atom is 0.206 e. The van der Waals surface area contributed by atoms with Crippen LogP contribution < -0.4 is 15.8 Å². The Kier molecular flexibility index (Phi) is 7.07. The third-order valence-corrected chi connectivity index (χ3v) is 6.80. The van der Waals surface area contributed by atoms with Crippen LogP contribution in [0.1, 0.15) is 47.5 Å². The number of carbonyl (C=O) groups is 1. The minimum atomic E-state index is -0.0979. The van der Waals surface area contributed by atoms with E-state index in [4.69, 9.17) is 10.5 Å². The minimum Gasteiger partial charge on any atom is -0.492 e. The molecule has 0 bridgehead atoms. The van der Waals surface area contributed by atoms with Gasteiger partial charge in [0.15, 0.2) is 5.13 Å². The fourth-order valence-electron chi connectivity index (χ4n) is 3.87. The van der Waals surface area contributed by atoms with Gasteiger partial charge in [0.2, 0.25) is 5.78 Å². The van der Waals surface area contributed by atoms with Gasteiger partial charge in [0.1, 0.15) is 23.1 Å². The summed E-state index contributed by atoms with van der Waals surface area (Å²) in [5, 5.41) is 3.83. The van der Waals surface area contributed by atoms with Gasteiger partial charge < -0.3 is 15.8 Å². The molecule has 1 atom stereocenters. The Balaban J connectivity index is 1.37. The molecule has 32 heavy (non-hydrogen) atoms. The van der Waals surface area contributed by atoms with Crippen molar-refractivity contribution >= 4 is 33.8 Å². The number of thiazole rings is 1. The summed E-state index contributed by atoms with van der Waals surface area (Å²) in [5.74, 6) is 0.992. The molecule has 0 spiro atoms. The molecule has 2 heterocycles. The first-order valence-corrected chi connectivity index (χ1v) is 12.0. The number of aryl methyl sites for hydroxylation is 1. The highest BCUT2D eigenvalue weighted by Gasteiger charge is 2.19. The third-order valence-electron chi connectivity index (χ3n) is 5.82.